The van der Waals surface area contributed by atoms with Crippen molar-refractivity contribution in [3.8, 4) is 17.0 Å². The minimum atomic E-state index is -1.38. The van der Waals surface area contributed by atoms with Crippen molar-refractivity contribution in [2.45, 2.75) is 58.7 Å². The van der Waals surface area contributed by atoms with Crippen molar-refractivity contribution in [2.75, 3.05) is 19.7 Å². The molecule has 5 rings (SSSR count). The number of likely N-dealkylation sites (tertiary alicyclic amines) is 1. The summed E-state index contributed by atoms with van der Waals surface area (Å²) < 4.78 is 36.3. The molecule has 37 heavy (non-hydrogen) atoms. The lowest BCUT2D eigenvalue weighted by molar-refractivity contribution is -0.133. The first-order chi connectivity index (χ1) is 17.8. The molecular formula is C27H31F2N5O3. The van der Waals surface area contributed by atoms with Gasteiger partial charge in [-0.2, -0.15) is 0 Å². The Labute approximate surface area is 213 Å². The molecule has 2 amide bonds. The molecule has 2 fully saturated rings. The largest absolute Gasteiger partial charge is 0.492 e. The minimum Gasteiger partial charge on any atom is -0.492 e. The number of fused-ring (bicyclic) bond motifs is 1. The number of alkyl halides is 1. The Kier molecular flexibility index (Phi) is 6.83. The summed E-state index contributed by atoms with van der Waals surface area (Å²) in [7, 11) is 0. The predicted octanol–water partition coefficient (Wildman–Crippen LogP) is 4.25. The summed E-state index contributed by atoms with van der Waals surface area (Å²) in [6, 6.07) is 2.69. The molecule has 2 aliphatic rings. The van der Waals surface area contributed by atoms with Crippen LogP contribution in [0, 0.1) is 25.6 Å². The van der Waals surface area contributed by atoms with E-state index in [9.17, 15) is 14.0 Å². The van der Waals surface area contributed by atoms with Gasteiger partial charge in [-0.1, -0.05) is 13.0 Å². The second-order valence-electron chi connectivity index (χ2n) is 9.95. The quantitative estimate of drug-likeness (QED) is 0.494. The maximum absolute atomic E-state index is 15.5. The molecule has 8 nitrogen and oxygen atoms in total. The fraction of sp³-hybridized carbons (Fsp3) is 0.481. The first-order valence-electron chi connectivity index (χ1n) is 12.8. The van der Waals surface area contributed by atoms with E-state index in [4.69, 9.17) is 4.74 Å². The van der Waals surface area contributed by atoms with Crippen molar-refractivity contribution in [3.63, 3.8) is 0 Å². The van der Waals surface area contributed by atoms with Crippen LogP contribution in [0.3, 0.4) is 0 Å². The molecule has 2 N–H and O–H groups in total. The molecule has 1 saturated carbocycles. The zero-order chi connectivity index (χ0) is 26.3. The van der Waals surface area contributed by atoms with Crippen LogP contribution in [-0.4, -0.2) is 63.6 Å². The van der Waals surface area contributed by atoms with Crippen LogP contribution in [0.5, 0.6) is 5.75 Å². The molecule has 10 heteroatoms. The lowest BCUT2D eigenvalue weighted by Crippen LogP contribution is -2.53. The van der Waals surface area contributed by atoms with Crippen LogP contribution in [0.1, 0.15) is 54.4 Å². The molecule has 1 aromatic carbocycles. The number of ether oxygens (including phenoxy) is 1. The smallest absolute Gasteiger partial charge is 0.255 e. The molecule has 196 valence electrons. The lowest BCUT2D eigenvalue weighted by Gasteiger charge is -2.34. The van der Waals surface area contributed by atoms with Gasteiger partial charge in [0.25, 0.3) is 5.91 Å². The van der Waals surface area contributed by atoms with Crippen molar-refractivity contribution in [1.29, 1.82) is 0 Å². The van der Waals surface area contributed by atoms with Crippen LogP contribution in [0.2, 0.25) is 0 Å². The number of halogens is 2. The number of amides is 2. The Morgan fingerprint density at radius 3 is 2.70 bits per heavy atom. The monoisotopic (exact) mass is 511 g/mol. The van der Waals surface area contributed by atoms with Gasteiger partial charge in [0.1, 0.15) is 34.8 Å². The number of H-pyrrole nitrogens is 1. The van der Waals surface area contributed by atoms with Crippen molar-refractivity contribution >= 4 is 22.8 Å². The van der Waals surface area contributed by atoms with Gasteiger partial charge in [0.15, 0.2) is 0 Å². The summed E-state index contributed by atoms with van der Waals surface area (Å²) in [5, 5.41) is 2.76. The number of carbonyl (C=O) groups is 2. The number of piperidine rings is 1. The van der Waals surface area contributed by atoms with E-state index in [-0.39, 0.29) is 23.6 Å². The van der Waals surface area contributed by atoms with Crippen molar-refractivity contribution < 1.29 is 23.1 Å². The Bertz CT molecular complexity index is 1350. The summed E-state index contributed by atoms with van der Waals surface area (Å²) >= 11 is 0. The van der Waals surface area contributed by atoms with Gasteiger partial charge in [0.05, 0.1) is 35.8 Å². The van der Waals surface area contributed by atoms with Gasteiger partial charge in [-0.05, 0) is 50.7 Å². The molecule has 3 aromatic rings. The predicted molar refractivity (Wildman–Crippen MR) is 135 cm³/mol. The van der Waals surface area contributed by atoms with Crippen LogP contribution in [0.4, 0.5) is 8.78 Å². The maximum Gasteiger partial charge on any atom is 0.255 e. The molecular weight excluding hydrogens is 480 g/mol. The summed E-state index contributed by atoms with van der Waals surface area (Å²) in [4.78, 5) is 38.6. The molecule has 0 unspecified atom stereocenters. The molecule has 2 atom stereocenters. The second-order valence-corrected chi connectivity index (χ2v) is 9.95. The summed E-state index contributed by atoms with van der Waals surface area (Å²) in [5.41, 5.74) is 1.92. The number of aromatic nitrogens is 3. The highest BCUT2D eigenvalue weighted by Crippen LogP contribution is 2.38. The van der Waals surface area contributed by atoms with E-state index in [1.807, 2.05) is 0 Å². The SMILES string of the molecule is CCC(=O)N1CC[C@@H](NC(=O)c2c[nH]c3c(-c4c(OCC5CC5)ccc(C)c4F)nc(C)nc23)[C@@H](F)C1. The normalized spacial score (nSPS) is 19.8. The molecule has 1 saturated heterocycles. The first kappa shape index (κ1) is 25.1. The number of aryl methyl sites for hydroxylation is 2. The van der Waals surface area contributed by atoms with E-state index >= 15 is 4.39 Å². The van der Waals surface area contributed by atoms with Crippen LogP contribution in [-0.2, 0) is 4.79 Å². The van der Waals surface area contributed by atoms with Gasteiger partial charge in [-0.15, -0.1) is 0 Å². The van der Waals surface area contributed by atoms with Gasteiger partial charge in [-0.25, -0.2) is 18.7 Å². The van der Waals surface area contributed by atoms with Gasteiger partial charge in [0.2, 0.25) is 5.91 Å². The first-order valence-corrected chi connectivity index (χ1v) is 12.8. The van der Waals surface area contributed by atoms with E-state index in [1.54, 1.807) is 32.9 Å². The lowest BCUT2D eigenvalue weighted by atomic mass is 10.0. The molecule has 1 aliphatic carbocycles. The molecule has 0 bridgehead atoms. The van der Waals surface area contributed by atoms with Crippen LogP contribution in [0.25, 0.3) is 22.3 Å². The third-order valence-corrected chi connectivity index (χ3v) is 7.10. The average molecular weight is 512 g/mol. The second kappa shape index (κ2) is 10.1. The Hall–Kier alpha value is -3.56. The number of benzene rings is 1. The number of hydrogen-bond acceptors (Lipinski definition) is 5. The number of rotatable bonds is 7. The third-order valence-electron chi connectivity index (χ3n) is 7.10. The van der Waals surface area contributed by atoms with Gasteiger partial charge in [-0.3, -0.25) is 9.59 Å². The van der Waals surface area contributed by atoms with Crippen molar-refractivity contribution in [3.05, 3.63) is 41.1 Å². The Morgan fingerprint density at radius 1 is 1.22 bits per heavy atom. The number of nitrogens with zero attached hydrogens (tertiary/aromatic N) is 3. The van der Waals surface area contributed by atoms with Crippen LogP contribution >= 0.6 is 0 Å². The number of hydrogen-bond donors (Lipinski definition) is 2. The van der Waals surface area contributed by atoms with Crippen LogP contribution < -0.4 is 10.1 Å². The number of carbonyl (C=O) groups excluding carboxylic acids is 2. The molecule has 2 aromatic heterocycles. The molecule has 1 aliphatic heterocycles. The van der Waals surface area contributed by atoms with Crippen molar-refractivity contribution in [1.82, 2.24) is 25.2 Å². The van der Waals surface area contributed by atoms with Gasteiger partial charge >= 0.3 is 0 Å². The standard InChI is InChI=1S/C27H31F2N5O3/c1-4-21(35)34-10-9-19(18(28)12-34)33-27(36)17-11-30-26-24(17)31-15(3)32-25(26)22-20(37-13-16-6-7-16)8-5-14(2)23(22)29/h5,8,11,16,18-19,30H,4,6-7,9-10,12-13H2,1-3H3,(H,33,36)/t18-,19+/m0/s1. The van der Waals surface area contributed by atoms with Crippen LogP contribution in [0.15, 0.2) is 18.3 Å². The fourth-order valence-corrected chi connectivity index (χ4v) is 4.73. The zero-order valence-electron chi connectivity index (χ0n) is 21.2. The Balaban J connectivity index is 1.45. The summed E-state index contributed by atoms with van der Waals surface area (Å²) in [6.45, 7) is 5.93. The average Bonchev–Trinajstić information content (AvgIpc) is 3.61. The van der Waals surface area contributed by atoms with E-state index in [0.29, 0.717) is 65.8 Å². The topological polar surface area (TPSA) is 100 Å². The highest BCUT2D eigenvalue weighted by atomic mass is 19.1. The fourth-order valence-electron chi connectivity index (χ4n) is 4.73. The van der Waals surface area contributed by atoms with Gasteiger partial charge < -0.3 is 19.9 Å². The van der Waals surface area contributed by atoms with E-state index in [1.165, 1.54) is 11.1 Å². The highest BCUT2D eigenvalue weighted by Gasteiger charge is 2.33. The molecule has 0 spiro atoms. The van der Waals surface area contributed by atoms with E-state index < -0.39 is 23.9 Å². The summed E-state index contributed by atoms with van der Waals surface area (Å²) in [6.07, 6.45) is 2.94. The molecule has 0 radical (unpaired) electrons. The van der Waals surface area contributed by atoms with Gasteiger partial charge in [0, 0.05) is 19.2 Å². The highest BCUT2D eigenvalue weighted by molar-refractivity contribution is 6.08. The van der Waals surface area contributed by atoms with Crippen molar-refractivity contribution in [2.24, 2.45) is 5.92 Å². The maximum atomic E-state index is 15.5. The zero-order valence-corrected chi connectivity index (χ0v) is 21.2. The van der Waals surface area contributed by atoms with E-state index in [2.05, 4.69) is 20.3 Å². The number of nitrogens with one attached hydrogen (secondary N) is 2. The molecule has 3 heterocycles. The number of aromatic amines is 1. The minimum absolute atomic E-state index is 0.0484. The summed E-state index contributed by atoms with van der Waals surface area (Å²) in [5.74, 6) is 0.197. The Morgan fingerprint density at radius 2 is 2.00 bits per heavy atom. The third kappa shape index (κ3) is 5.01. The van der Waals surface area contributed by atoms with E-state index in [0.717, 1.165) is 12.8 Å².